The zero-order valence-corrected chi connectivity index (χ0v) is 10.7. The molecule has 0 saturated heterocycles. The molecule has 0 N–H and O–H groups in total. The summed E-state index contributed by atoms with van der Waals surface area (Å²) >= 11 is 0. The Morgan fingerprint density at radius 2 is 2.15 bits per heavy atom. The van der Waals surface area contributed by atoms with Crippen LogP contribution < -0.4 is 0 Å². The zero-order valence-electron chi connectivity index (χ0n) is 10.7. The Bertz CT molecular complexity index is 638. The van der Waals surface area contributed by atoms with E-state index in [2.05, 4.69) is 10.1 Å². The molecule has 0 aliphatic heterocycles. The molecule has 2 aromatic heterocycles. The molecule has 6 nitrogen and oxygen atoms in total. The van der Waals surface area contributed by atoms with Crippen LogP contribution in [0.15, 0.2) is 18.5 Å². The molecular formula is C11H11F3N4O2. The van der Waals surface area contributed by atoms with Crippen LogP contribution in [0.5, 0.6) is 0 Å². The molecule has 2 heterocycles. The Hall–Kier alpha value is -2.16. The highest BCUT2D eigenvalue weighted by atomic mass is 19.4. The molecule has 0 aliphatic carbocycles. The quantitative estimate of drug-likeness (QED) is 0.805. The molecule has 1 amide bonds. The lowest BCUT2D eigenvalue weighted by atomic mass is 10.2. The van der Waals surface area contributed by atoms with E-state index >= 15 is 0 Å². The maximum atomic E-state index is 12.3. The molecule has 0 aromatic carbocycles. The average Bonchev–Trinajstić information content (AvgIpc) is 2.77. The first-order valence-corrected chi connectivity index (χ1v) is 5.52. The van der Waals surface area contributed by atoms with Gasteiger partial charge in [0.15, 0.2) is 0 Å². The van der Waals surface area contributed by atoms with Crippen molar-refractivity contribution in [3.63, 3.8) is 0 Å². The summed E-state index contributed by atoms with van der Waals surface area (Å²) in [5.74, 6) is -0.502. The Morgan fingerprint density at radius 1 is 1.45 bits per heavy atom. The van der Waals surface area contributed by atoms with Gasteiger partial charge in [-0.05, 0) is 6.07 Å². The van der Waals surface area contributed by atoms with Crippen LogP contribution in [-0.4, -0.2) is 46.1 Å². The van der Waals surface area contributed by atoms with Gasteiger partial charge in [0.1, 0.15) is 12.2 Å². The largest absolute Gasteiger partial charge is 0.408 e. The van der Waals surface area contributed by atoms with Crippen LogP contribution >= 0.6 is 0 Å². The van der Waals surface area contributed by atoms with Crippen molar-refractivity contribution in [1.82, 2.24) is 19.8 Å². The molecule has 2 aromatic rings. The van der Waals surface area contributed by atoms with Crippen LogP contribution in [0.2, 0.25) is 0 Å². The maximum absolute atomic E-state index is 12.3. The van der Waals surface area contributed by atoms with Crippen molar-refractivity contribution in [1.29, 1.82) is 0 Å². The van der Waals surface area contributed by atoms with Crippen LogP contribution in [0.3, 0.4) is 0 Å². The van der Waals surface area contributed by atoms with E-state index < -0.39 is 18.6 Å². The highest BCUT2D eigenvalue weighted by molar-refractivity contribution is 5.95. The first-order chi connectivity index (χ1) is 9.31. The van der Waals surface area contributed by atoms with Gasteiger partial charge in [-0.2, -0.15) is 18.3 Å². The number of hydroxylamine groups is 2. The third-order valence-corrected chi connectivity index (χ3v) is 2.64. The van der Waals surface area contributed by atoms with Gasteiger partial charge in [-0.15, -0.1) is 0 Å². The Labute approximate surface area is 111 Å². The van der Waals surface area contributed by atoms with Crippen molar-refractivity contribution in [2.24, 2.45) is 0 Å². The molecular weight excluding hydrogens is 277 g/mol. The van der Waals surface area contributed by atoms with Crippen LogP contribution in [0, 0.1) is 0 Å². The normalized spacial score (nSPS) is 11.8. The fourth-order valence-corrected chi connectivity index (χ4v) is 1.63. The lowest BCUT2D eigenvalue weighted by Crippen LogP contribution is -2.26. The topological polar surface area (TPSA) is 60.2 Å². The van der Waals surface area contributed by atoms with E-state index in [1.807, 2.05) is 0 Å². The first kappa shape index (κ1) is 14.3. The number of fused-ring (bicyclic) bond motifs is 1. The Kier molecular flexibility index (Phi) is 3.62. The number of carbonyl (C=O) groups is 1. The Morgan fingerprint density at radius 3 is 2.75 bits per heavy atom. The molecule has 108 valence electrons. The summed E-state index contributed by atoms with van der Waals surface area (Å²) in [6.07, 6.45) is -1.93. The summed E-state index contributed by atoms with van der Waals surface area (Å²) in [4.78, 5) is 20.3. The number of nitrogens with zero attached hydrogens (tertiary/aromatic N) is 4. The van der Waals surface area contributed by atoms with Crippen molar-refractivity contribution in [3.8, 4) is 0 Å². The minimum absolute atomic E-state index is 0.0633. The number of hydrogen-bond donors (Lipinski definition) is 0. The number of carbonyl (C=O) groups excluding carboxylic acids is 1. The standard InChI is InChI=1S/C11H11F3N4O2/c1-17(20-2)10(19)8-3-7-4-16-18(6-11(12,13)14)9(7)5-15-8/h3-5H,6H2,1-2H3. The Balaban J connectivity index is 2.35. The van der Waals surface area contributed by atoms with E-state index in [9.17, 15) is 18.0 Å². The lowest BCUT2D eigenvalue weighted by Gasteiger charge is -2.12. The number of halogens is 3. The monoisotopic (exact) mass is 288 g/mol. The number of aromatic nitrogens is 3. The van der Waals surface area contributed by atoms with Crippen molar-refractivity contribution >= 4 is 16.8 Å². The zero-order chi connectivity index (χ0) is 14.9. The third kappa shape index (κ3) is 2.87. The molecule has 2 rings (SSSR count). The molecule has 9 heteroatoms. The van der Waals surface area contributed by atoms with E-state index in [0.717, 1.165) is 9.75 Å². The molecule has 0 saturated carbocycles. The molecule has 0 bridgehead atoms. The summed E-state index contributed by atoms with van der Waals surface area (Å²) in [6.45, 7) is -1.20. The van der Waals surface area contributed by atoms with Gasteiger partial charge in [-0.1, -0.05) is 0 Å². The number of amides is 1. The minimum atomic E-state index is -4.37. The van der Waals surface area contributed by atoms with Gasteiger partial charge in [0, 0.05) is 12.4 Å². The summed E-state index contributed by atoms with van der Waals surface area (Å²) in [7, 11) is 2.72. The molecule has 0 atom stereocenters. The number of pyridine rings is 1. The van der Waals surface area contributed by atoms with Crippen molar-refractivity contribution in [2.45, 2.75) is 12.7 Å². The van der Waals surface area contributed by atoms with Crippen LogP contribution in [0.1, 0.15) is 10.5 Å². The van der Waals surface area contributed by atoms with E-state index in [-0.39, 0.29) is 11.2 Å². The first-order valence-electron chi connectivity index (χ1n) is 5.52. The summed E-state index contributed by atoms with van der Waals surface area (Å²) in [5.41, 5.74) is 0.271. The fraction of sp³-hybridized carbons (Fsp3) is 0.364. The number of alkyl halides is 3. The summed E-state index contributed by atoms with van der Waals surface area (Å²) in [5, 5.41) is 5.01. The predicted molar refractivity (Wildman–Crippen MR) is 62.7 cm³/mol. The highest BCUT2D eigenvalue weighted by Crippen LogP contribution is 2.21. The summed E-state index contributed by atoms with van der Waals surface area (Å²) in [6, 6.07) is 1.37. The molecule has 0 fully saturated rings. The van der Waals surface area contributed by atoms with Crippen LogP contribution in [-0.2, 0) is 11.4 Å². The molecule has 0 aliphatic rings. The minimum Gasteiger partial charge on any atom is -0.274 e. The maximum Gasteiger partial charge on any atom is 0.408 e. The van der Waals surface area contributed by atoms with Crippen LogP contribution in [0.4, 0.5) is 13.2 Å². The average molecular weight is 288 g/mol. The molecule has 0 radical (unpaired) electrons. The lowest BCUT2D eigenvalue weighted by molar-refractivity contribution is -0.141. The predicted octanol–water partition coefficient (Wildman–Crippen LogP) is 1.63. The van der Waals surface area contributed by atoms with E-state index in [0.29, 0.717) is 5.39 Å². The second-order valence-electron chi connectivity index (χ2n) is 4.03. The second-order valence-corrected chi connectivity index (χ2v) is 4.03. The van der Waals surface area contributed by atoms with E-state index in [4.69, 9.17) is 4.84 Å². The SMILES string of the molecule is CON(C)C(=O)c1cc2cnn(CC(F)(F)F)c2cn1. The molecule has 20 heavy (non-hydrogen) atoms. The second kappa shape index (κ2) is 5.08. The van der Waals surface area contributed by atoms with Crippen LogP contribution in [0.25, 0.3) is 10.9 Å². The smallest absolute Gasteiger partial charge is 0.274 e. The molecule has 0 spiro atoms. The highest BCUT2D eigenvalue weighted by Gasteiger charge is 2.29. The van der Waals surface area contributed by atoms with Crippen molar-refractivity contribution < 1.29 is 22.8 Å². The van der Waals surface area contributed by atoms with Gasteiger partial charge in [0.2, 0.25) is 0 Å². The molecule has 0 unspecified atom stereocenters. The van der Waals surface area contributed by atoms with Gasteiger partial charge in [-0.25, -0.2) is 10.0 Å². The van der Waals surface area contributed by atoms with E-state index in [1.54, 1.807) is 0 Å². The van der Waals surface area contributed by atoms with Crippen molar-refractivity contribution in [3.05, 3.63) is 24.2 Å². The van der Waals surface area contributed by atoms with E-state index in [1.165, 1.54) is 32.6 Å². The van der Waals surface area contributed by atoms with Crippen molar-refractivity contribution in [2.75, 3.05) is 14.2 Å². The van der Waals surface area contributed by atoms with Gasteiger partial charge in [0.25, 0.3) is 5.91 Å². The number of hydrogen-bond acceptors (Lipinski definition) is 4. The fourth-order valence-electron chi connectivity index (χ4n) is 1.63. The third-order valence-electron chi connectivity index (χ3n) is 2.64. The van der Waals surface area contributed by atoms with Gasteiger partial charge in [0.05, 0.1) is 25.0 Å². The van der Waals surface area contributed by atoms with Gasteiger partial charge < -0.3 is 0 Å². The van der Waals surface area contributed by atoms with Gasteiger partial charge in [-0.3, -0.25) is 14.3 Å². The summed E-state index contributed by atoms with van der Waals surface area (Å²) < 4.78 is 37.8. The van der Waals surface area contributed by atoms with Gasteiger partial charge >= 0.3 is 6.18 Å². The number of rotatable bonds is 3.